The number of hydrogen-bond donors (Lipinski definition) is 1. The molecule has 1 N–H and O–H groups in total. The van der Waals surface area contributed by atoms with Gasteiger partial charge in [0.2, 0.25) is 0 Å². The van der Waals surface area contributed by atoms with Crippen molar-refractivity contribution in [2.45, 2.75) is 33.2 Å². The first-order valence-corrected chi connectivity index (χ1v) is 7.50. The zero-order valence-corrected chi connectivity index (χ0v) is 13.1. The van der Waals surface area contributed by atoms with Crippen molar-refractivity contribution in [3.63, 3.8) is 0 Å². The van der Waals surface area contributed by atoms with E-state index < -0.39 is 0 Å². The average molecular weight is 296 g/mol. The molecule has 2 rings (SSSR count). The third kappa shape index (κ3) is 3.90. The lowest BCUT2D eigenvalue weighted by Gasteiger charge is -2.20. The predicted octanol–water partition coefficient (Wildman–Crippen LogP) is 3.90. The van der Waals surface area contributed by atoms with Crippen molar-refractivity contribution in [3.05, 3.63) is 28.3 Å². The molecule has 1 aromatic carbocycles. The van der Waals surface area contributed by atoms with Crippen molar-refractivity contribution < 1.29 is 9.47 Å². The lowest BCUT2D eigenvalue weighted by molar-refractivity contribution is 0.171. The monoisotopic (exact) mass is 295 g/mol. The SMILES string of the molecule is CCC(=Cc1cc(Cl)c2c(c1)OCCO2)CNC(C)C. The van der Waals surface area contributed by atoms with E-state index in [1.54, 1.807) is 0 Å². The molecular formula is C16H22ClNO2. The van der Waals surface area contributed by atoms with E-state index in [1.165, 1.54) is 5.57 Å². The van der Waals surface area contributed by atoms with E-state index >= 15 is 0 Å². The fourth-order valence-corrected chi connectivity index (χ4v) is 2.34. The Balaban J connectivity index is 2.21. The van der Waals surface area contributed by atoms with Crippen LogP contribution in [0.1, 0.15) is 32.8 Å². The number of fused-ring (bicyclic) bond motifs is 1. The summed E-state index contributed by atoms with van der Waals surface area (Å²) >= 11 is 6.25. The predicted molar refractivity (Wildman–Crippen MR) is 83.8 cm³/mol. The molecule has 0 fully saturated rings. The Kier molecular flexibility index (Phi) is 5.32. The van der Waals surface area contributed by atoms with E-state index in [9.17, 15) is 0 Å². The van der Waals surface area contributed by atoms with E-state index in [2.05, 4.69) is 32.2 Å². The van der Waals surface area contributed by atoms with Crippen LogP contribution in [0.15, 0.2) is 17.7 Å². The third-order valence-corrected chi connectivity index (χ3v) is 3.46. The van der Waals surface area contributed by atoms with Gasteiger partial charge in [0.15, 0.2) is 11.5 Å². The van der Waals surface area contributed by atoms with Gasteiger partial charge in [-0.15, -0.1) is 0 Å². The van der Waals surface area contributed by atoms with Gasteiger partial charge in [0.1, 0.15) is 13.2 Å². The molecule has 1 aromatic rings. The average Bonchev–Trinajstić information content (AvgIpc) is 2.43. The molecule has 0 unspecified atom stereocenters. The van der Waals surface area contributed by atoms with E-state index in [1.807, 2.05) is 12.1 Å². The summed E-state index contributed by atoms with van der Waals surface area (Å²) in [5.74, 6) is 1.40. The first kappa shape index (κ1) is 15.2. The number of halogens is 1. The van der Waals surface area contributed by atoms with E-state index in [0.717, 1.165) is 24.3 Å². The van der Waals surface area contributed by atoms with E-state index in [0.29, 0.717) is 30.0 Å². The number of ether oxygens (including phenoxy) is 2. The zero-order chi connectivity index (χ0) is 14.5. The molecule has 0 radical (unpaired) electrons. The van der Waals surface area contributed by atoms with Crippen LogP contribution in [0.2, 0.25) is 5.02 Å². The highest BCUT2D eigenvalue weighted by atomic mass is 35.5. The van der Waals surface area contributed by atoms with Gasteiger partial charge in [-0.2, -0.15) is 0 Å². The topological polar surface area (TPSA) is 30.5 Å². The van der Waals surface area contributed by atoms with Crippen LogP contribution in [0.4, 0.5) is 0 Å². The van der Waals surface area contributed by atoms with Gasteiger partial charge in [0.25, 0.3) is 0 Å². The maximum absolute atomic E-state index is 6.25. The minimum absolute atomic E-state index is 0.480. The van der Waals surface area contributed by atoms with Crippen LogP contribution >= 0.6 is 11.6 Å². The highest BCUT2D eigenvalue weighted by Crippen LogP contribution is 2.38. The van der Waals surface area contributed by atoms with Gasteiger partial charge in [-0.3, -0.25) is 0 Å². The summed E-state index contributed by atoms with van der Waals surface area (Å²) in [5, 5.41) is 4.05. The fraction of sp³-hybridized carbons (Fsp3) is 0.500. The van der Waals surface area contributed by atoms with Crippen molar-refractivity contribution >= 4 is 17.7 Å². The molecule has 1 aliphatic heterocycles. The Morgan fingerprint density at radius 3 is 2.80 bits per heavy atom. The molecule has 1 heterocycles. The second kappa shape index (κ2) is 7.00. The summed E-state index contributed by atoms with van der Waals surface area (Å²) < 4.78 is 11.1. The van der Waals surface area contributed by atoms with Crippen LogP contribution in [0.5, 0.6) is 11.5 Å². The summed E-state index contributed by atoms with van der Waals surface area (Å²) in [6.45, 7) is 8.47. The van der Waals surface area contributed by atoms with Crippen LogP contribution in [0.25, 0.3) is 6.08 Å². The maximum atomic E-state index is 6.25. The second-order valence-corrected chi connectivity index (χ2v) is 5.63. The number of benzene rings is 1. The molecule has 0 spiro atoms. The summed E-state index contributed by atoms with van der Waals surface area (Å²) in [7, 11) is 0. The minimum Gasteiger partial charge on any atom is -0.486 e. The van der Waals surface area contributed by atoms with Gasteiger partial charge in [-0.05, 0) is 24.1 Å². The van der Waals surface area contributed by atoms with E-state index in [-0.39, 0.29) is 0 Å². The van der Waals surface area contributed by atoms with Gasteiger partial charge >= 0.3 is 0 Å². The molecule has 0 saturated carbocycles. The van der Waals surface area contributed by atoms with Crippen molar-refractivity contribution in [1.82, 2.24) is 5.32 Å². The van der Waals surface area contributed by atoms with Crippen molar-refractivity contribution in [2.75, 3.05) is 19.8 Å². The molecule has 1 aliphatic rings. The Labute approximate surface area is 125 Å². The molecule has 0 aromatic heterocycles. The van der Waals surface area contributed by atoms with Crippen LogP contribution in [0.3, 0.4) is 0 Å². The maximum Gasteiger partial charge on any atom is 0.179 e. The summed E-state index contributed by atoms with van der Waals surface area (Å²) in [5.41, 5.74) is 2.40. The molecule has 0 amide bonds. The zero-order valence-electron chi connectivity index (χ0n) is 12.3. The fourth-order valence-electron chi connectivity index (χ4n) is 2.06. The molecule has 4 heteroatoms. The normalized spacial score (nSPS) is 14.8. The molecule has 20 heavy (non-hydrogen) atoms. The first-order chi connectivity index (χ1) is 9.60. The molecule has 0 bridgehead atoms. The van der Waals surface area contributed by atoms with Gasteiger partial charge in [0, 0.05) is 12.6 Å². The Bertz CT molecular complexity index is 497. The van der Waals surface area contributed by atoms with Gasteiger partial charge in [-0.1, -0.05) is 44.0 Å². The molecule has 0 saturated heterocycles. The van der Waals surface area contributed by atoms with Crippen LogP contribution in [0, 0.1) is 0 Å². The molecule has 110 valence electrons. The van der Waals surface area contributed by atoms with Gasteiger partial charge in [0.05, 0.1) is 5.02 Å². The van der Waals surface area contributed by atoms with Crippen LogP contribution in [-0.4, -0.2) is 25.8 Å². The summed E-state index contributed by atoms with van der Waals surface area (Å²) in [6, 6.07) is 4.40. The van der Waals surface area contributed by atoms with Crippen LogP contribution in [-0.2, 0) is 0 Å². The van der Waals surface area contributed by atoms with Crippen LogP contribution < -0.4 is 14.8 Å². The first-order valence-electron chi connectivity index (χ1n) is 7.12. The van der Waals surface area contributed by atoms with Gasteiger partial charge < -0.3 is 14.8 Å². The largest absolute Gasteiger partial charge is 0.486 e. The quantitative estimate of drug-likeness (QED) is 0.893. The highest BCUT2D eigenvalue weighted by molar-refractivity contribution is 6.32. The Morgan fingerprint density at radius 1 is 1.35 bits per heavy atom. The molecule has 0 aliphatic carbocycles. The Hall–Kier alpha value is -1.19. The number of nitrogens with one attached hydrogen (secondary N) is 1. The second-order valence-electron chi connectivity index (χ2n) is 5.22. The Morgan fingerprint density at radius 2 is 2.10 bits per heavy atom. The van der Waals surface area contributed by atoms with Crippen molar-refractivity contribution in [1.29, 1.82) is 0 Å². The van der Waals surface area contributed by atoms with Gasteiger partial charge in [-0.25, -0.2) is 0 Å². The number of rotatable bonds is 5. The summed E-state index contributed by atoms with van der Waals surface area (Å²) in [6.07, 6.45) is 3.17. The molecule has 3 nitrogen and oxygen atoms in total. The molecular weight excluding hydrogens is 274 g/mol. The smallest absolute Gasteiger partial charge is 0.179 e. The third-order valence-electron chi connectivity index (χ3n) is 3.18. The van der Waals surface area contributed by atoms with Crippen molar-refractivity contribution in [2.24, 2.45) is 0 Å². The highest BCUT2D eigenvalue weighted by Gasteiger charge is 2.16. The van der Waals surface area contributed by atoms with E-state index in [4.69, 9.17) is 21.1 Å². The van der Waals surface area contributed by atoms with Crippen molar-refractivity contribution in [3.8, 4) is 11.5 Å². The summed E-state index contributed by atoms with van der Waals surface area (Å²) in [4.78, 5) is 0. The minimum atomic E-state index is 0.480. The standard InChI is InChI=1S/C16H22ClNO2/c1-4-12(10-18-11(2)3)7-13-8-14(17)16-15(9-13)19-5-6-20-16/h7-9,11,18H,4-6,10H2,1-3H3. The number of hydrogen-bond acceptors (Lipinski definition) is 3. The lowest BCUT2D eigenvalue weighted by Crippen LogP contribution is -2.24. The molecule has 0 atom stereocenters. The lowest BCUT2D eigenvalue weighted by atomic mass is 10.1.